The van der Waals surface area contributed by atoms with Crippen LogP contribution in [0.1, 0.15) is 45.4 Å². The second kappa shape index (κ2) is 6.69. The maximum atomic E-state index is 11.9. The quantitative estimate of drug-likeness (QED) is 0.673. The highest BCUT2D eigenvalue weighted by molar-refractivity contribution is 5.69. The van der Waals surface area contributed by atoms with Crippen LogP contribution in [0.4, 0.5) is 13.2 Å². The molecular weight excluding hydrogens is 209 g/mol. The van der Waals surface area contributed by atoms with Gasteiger partial charge in [0.1, 0.15) is 0 Å². The van der Waals surface area contributed by atoms with E-state index in [9.17, 15) is 18.0 Å². The lowest BCUT2D eigenvalue weighted by atomic mass is 9.96. The maximum absolute atomic E-state index is 11.9. The monoisotopic (exact) mass is 226 g/mol. The normalized spacial score (nSPS) is 13.9. The van der Waals surface area contributed by atoms with Crippen LogP contribution in [0.3, 0.4) is 0 Å². The molecule has 1 atom stereocenters. The summed E-state index contributed by atoms with van der Waals surface area (Å²) >= 11 is 0. The summed E-state index contributed by atoms with van der Waals surface area (Å²) in [6, 6.07) is 0. The summed E-state index contributed by atoms with van der Waals surface area (Å²) in [6.45, 7) is 1.96. The average Bonchev–Trinajstić information content (AvgIpc) is 2.08. The van der Waals surface area contributed by atoms with Crippen molar-refractivity contribution >= 4 is 5.97 Å². The zero-order valence-electron chi connectivity index (χ0n) is 8.81. The summed E-state index contributed by atoms with van der Waals surface area (Å²) in [7, 11) is 0. The van der Waals surface area contributed by atoms with E-state index in [1.54, 1.807) is 0 Å². The van der Waals surface area contributed by atoms with Crippen molar-refractivity contribution in [2.24, 2.45) is 5.92 Å². The summed E-state index contributed by atoms with van der Waals surface area (Å²) < 4.78 is 35.6. The summed E-state index contributed by atoms with van der Waals surface area (Å²) in [5.74, 6) is -1.96. The van der Waals surface area contributed by atoms with Crippen LogP contribution < -0.4 is 0 Å². The van der Waals surface area contributed by atoms with Crippen LogP contribution in [0.25, 0.3) is 0 Å². The summed E-state index contributed by atoms with van der Waals surface area (Å²) in [6.07, 6.45) is -2.72. The SMILES string of the molecule is CCCCCC(CCC(F)(F)F)C(=O)O. The number of halogens is 3. The Balaban J connectivity index is 3.89. The second-order valence-electron chi connectivity index (χ2n) is 3.68. The van der Waals surface area contributed by atoms with Gasteiger partial charge in [0.15, 0.2) is 0 Å². The van der Waals surface area contributed by atoms with Gasteiger partial charge in [-0.2, -0.15) is 13.2 Å². The van der Waals surface area contributed by atoms with E-state index in [-0.39, 0.29) is 6.42 Å². The van der Waals surface area contributed by atoms with E-state index >= 15 is 0 Å². The summed E-state index contributed by atoms with van der Waals surface area (Å²) in [5.41, 5.74) is 0. The van der Waals surface area contributed by atoms with Gasteiger partial charge in [0.25, 0.3) is 0 Å². The molecule has 0 aliphatic carbocycles. The van der Waals surface area contributed by atoms with Crippen molar-refractivity contribution in [1.29, 1.82) is 0 Å². The Labute approximate surface area is 87.5 Å². The first-order valence-corrected chi connectivity index (χ1v) is 5.16. The molecule has 0 aromatic heterocycles. The number of hydrogen-bond acceptors (Lipinski definition) is 1. The van der Waals surface area contributed by atoms with Crippen LogP contribution in [0.15, 0.2) is 0 Å². The van der Waals surface area contributed by atoms with Gasteiger partial charge in [0.05, 0.1) is 5.92 Å². The number of unbranched alkanes of at least 4 members (excludes halogenated alkanes) is 2. The van der Waals surface area contributed by atoms with Gasteiger partial charge in [0.2, 0.25) is 0 Å². The Morgan fingerprint density at radius 2 is 1.87 bits per heavy atom. The lowest BCUT2D eigenvalue weighted by Crippen LogP contribution is -2.17. The van der Waals surface area contributed by atoms with Crippen molar-refractivity contribution in [2.45, 2.75) is 51.6 Å². The van der Waals surface area contributed by atoms with Gasteiger partial charge in [-0.3, -0.25) is 4.79 Å². The molecule has 2 nitrogen and oxygen atoms in total. The van der Waals surface area contributed by atoms with Crippen molar-refractivity contribution in [2.75, 3.05) is 0 Å². The highest BCUT2D eigenvalue weighted by Crippen LogP contribution is 2.26. The topological polar surface area (TPSA) is 37.3 Å². The first-order valence-electron chi connectivity index (χ1n) is 5.16. The van der Waals surface area contributed by atoms with Gasteiger partial charge in [-0.15, -0.1) is 0 Å². The molecule has 15 heavy (non-hydrogen) atoms. The molecule has 0 saturated carbocycles. The van der Waals surface area contributed by atoms with E-state index in [4.69, 9.17) is 5.11 Å². The fraction of sp³-hybridized carbons (Fsp3) is 0.900. The Hall–Kier alpha value is -0.740. The third-order valence-corrected chi connectivity index (χ3v) is 2.28. The number of hydrogen-bond donors (Lipinski definition) is 1. The molecule has 0 aliphatic heterocycles. The largest absolute Gasteiger partial charge is 0.481 e. The van der Waals surface area contributed by atoms with E-state index in [0.717, 1.165) is 12.8 Å². The summed E-state index contributed by atoms with van der Waals surface area (Å²) in [5, 5.41) is 8.70. The van der Waals surface area contributed by atoms with Crippen LogP contribution in [-0.4, -0.2) is 17.3 Å². The van der Waals surface area contributed by atoms with Crippen molar-refractivity contribution in [1.82, 2.24) is 0 Å². The van der Waals surface area contributed by atoms with Gasteiger partial charge in [-0.1, -0.05) is 26.2 Å². The molecule has 0 rings (SSSR count). The number of rotatable bonds is 7. The van der Waals surface area contributed by atoms with Crippen LogP contribution in [0, 0.1) is 5.92 Å². The fourth-order valence-corrected chi connectivity index (χ4v) is 1.37. The zero-order valence-corrected chi connectivity index (χ0v) is 8.81. The Morgan fingerprint density at radius 3 is 2.27 bits per heavy atom. The van der Waals surface area contributed by atoms with Crippen LogP contribution in [0.2, 0.25) is 0 Å². The third-order valence-electron chi connectivity index (χ3n) is 2.28. The fourth-order valence-electron chi connectivity index (χ4n) is 1.37. The number of aliphatic carboxylic acids is 1. The Bertz CT molecular complexity index is 190. The molecule has 0 aromatic rings. The lowest BCUT2D eigenvalue weighted by Gasteiger charge is -2.13. The average molecular weight is 226 g/mol. The number of carbonyl (C=O) groups is 1. The third kappa shape index (κ3) is 8.27. The van der Waals surface area contributed by atoms with E-state index in [2.05, 4.69) is 0 Å². The molecule has 1 N–H and O–H groups in total. The Morgan fingerprint density at radius 1 is 1.27 bits per heavy atom. The van der Waals surface area contributed by atoms with Crippen molar-refractivity contribution in [3.05, 3.63) is 0 Å². The highest BCUT2D eigenvalue weighted by atomic mass is 19.4. The molecular formula is C10H17F3O2. The first-order chi connectivity index (χ1) is 6.87. The van der Waals surface area contributed by atoms with Gasteiger partial charge < -0.3 is 5.11 Å². The molecule has 1 unspecified atom stereocenters. The van der Waals surface area contributed by atoms with Crippen molar-refractivity contribution in [3.63, 3.8) is 0 Å². The van der Waals surface area contributed by atoms with E-state index in [1.807, 2.05) is 6.92 Å². The van der Waals surface area contributed by atoms with Crippen LogP contribution >= 0.6 is 0 Å². The Kier molecular flexibility index (Phi) is 6.36. The number of alkyl halides is 3. The van der Waals surface area contributed by atoms with E-state index < -0.39 is 24.5 Å². The molecule has 0 amide bonds. The molecule has 0 bridgehead atoms. The molecule has 5 heteroatoms. The predicted molar refractivity (Wildman–Crippen MR) is 50.6 cm³/mol. The molecule has 0 spiro atoms. The molecule has 0 heterocycles. The van der Waals surface area contributed by atoms with Crippen molar-refractivity contribution in [3.8, 4) is 0 Å². The molecule has 0 radical (unpaired) electrons. The smallest absolute Gasteiger partial charge is 0.389 e. The molecule has 0 aromatic carbocycles. The minimum Gasteiger partial charge on any atom is -0.481 e. The van der Waals surface area contributed by atoms with Gasteiger partial charge in [0, 0.05) is 6.42 Å². The van der Waals surface area contributed by atoms with Gasteiger partial charge >= 0.3 is 12.1 Å². The zero-order chi connectivity index (χ0) is 11.9. The highest BCUT2D eigenvalue weighted by Gasteiger charge is 2.30. The number of carboxylic acid groups (broad SMARTS) is 1. The van der Waals surface area contributed by atoms with Crippen LogP contribution in [0.5, 0.6) is 0 Å². The lowest BCUT2D eigenvalue weighted by molar-refractivity contribution is -0.149. The van der Waals surface area contributed by atoms with E-state index in [0.29, 0.717) is 12.8 Å². The number of carboxylic acids is 1. The van der Waals surface area contributed by atoms with E-state index in [1.165, 1.54) is 0 Å². The molecule has 90 valence electrons. The minimum atomic E-state index is -4.25. The minimum absolute atomic E-state index is 0.303. The predicted octanol–water partition coefficient (Wildman–Crippen LogP) is 3.61. The maximum Gasteiger partial charge on any atom is 0.389 e. The molecule has 0 aliphatic rings. The molecule has 0 saturated heterocycles. The van der Waals surface area contributed by atoms with Gasteiger partial charge in [-0.25, -0.2) is 0 Å². The van der Waals surface area contributed by atoms with Crippen molar-refractivity contribution < 1.29 is 23.1 Å². The van der Waals surface area contributed by atoms with Gasteiger partial charge in [-0.05, 0) is 12.8 Å². The second-order valence-corrected chi connectivity index (χ2v) is 3.68. The first kappa shape index (κ1) is 14.3. The standard InChI is InChI=1S/C10H17F3O2/c1-2-3-4-5-8(9(14)15)6-7-10(11,12)13/h8H,2-7H2,1H3,(H,14,15). The van der Waals surface area contributed by atoms with Crippen LogP contribution in [-0.2, 0) is 4.79 Å². The molecule has 0 fully saturated rings. The summed E-state index contributed by atoms with van der Waals surface area (Å²) in [4.78, 5) is 10.6.